The molecule has 31 heteroatoms. The van der Waals surface area contributed by atoms with Gasteiger partial charge >= 0.3 is 0 Å². The van der Waals surface area contributed by atoms with Crippen molar-refractivity contribution in [2.45, 2.75) is 191 Å². The van der Waals surface area contributed by atoms with Gasteiger partial charge in [-0.05, 0) is 6.92 Å². The van der Waals surface area contributed by atoms with Crippen LogP contribution >= 0.6 is 0 Å². The van der Waals surface area contributed by atoms with Crippen LogP contribution in [0.25, 0.3) is 0 Å². The number of aliphatic hydroxyl groups excluding tert-OH is 19. The van der Waals surface area contributed by atoms with Gasteiger partial charge in [0.05, 0.1) is 59.0 Å². The topological polar surface area (TPSA) is 495 Å². The second-order valence-corrected chi connectivity index (χ2v) is 17.7. The first-order valence-electron chi connectivity index (χ1n) is 22.5. The van der Waals surface area contributed by atoms with Crippen molar-refractivity contribution in [3.05, 3.63) is 0 Å². The lowest BCUT2D eigenvalue weighted by Crippen LogP contribution is -2.66. The van der Waals surface area contributed by atoms with E-state index < -0.39 is 237 Å². The fraction of sp³-hybridized carbons (Fsp3) is 1.00. The van der Waals surface area contributed by atoms with Crippen molar-refractivity contribution in [2.24, 2.45) is 0 Å². The van der Waals surface area contributed by atoms with Gasteiger partial charge in [0.1, 0.15) is 146 Å². The van der Waals surface area contributed by atoms with E-state index in [1.54, 1.807) is 0 Å². The van der Waals surface area contributed by atoms with Crippen LogP contribution in [0.4, 0.5) is 0 Å². The summed E-state index contributed by atoms with van der Waals surface area (Å²) in [5, 5.41) is 199. The van der Waals surface area contributed by atoms with Crippen LogP contribution in [-0.2, 0) is 56.8 Å². The summed E-state index contributed by atoms with van der Waals surface area (Å²) >= 11 is 0. The van der Waals surface area contributed by atoms with E-state index in [2.05, 4.69) is 0 Å². The van der Waals surface area contributed by atoms with E-state index >= 15 is 0 Å². The average Bonchev–Trinajstić information content (AvgIpc) is 3.35. The van der Waals surface area contributed by atoms with E-state index in [-0.39, 0.29) is 0 Å². The third kappa shape index (κ3) is 12.2. The molecular weight excluding hydrogens is 964 g/mol. The molecule has 0 aromatic heterocycles. The Labute approximate surface area is 397 Å². The number of hydrogen-bond donors (Lipinski definition) is 19. The van der Waals surface area contributed by atoms with Crippen molar-refractivity contribution in [1.82, 2.24) is 0 Å². The van der Waals surface area contributed by atoms with Crippen molar-refractivity contribution >= 4 is 0 Å². The quantitative estimate of drug-likeness (QED) is 0.0534. The second-order valence-electron chi connectivity index (χ2n) is 17.7. The summed E-state index contributed by atoms with van der Waals surface area (Å²) in [6, 6.07) is 0. The molecule has 30 atom stereocenters. The predicted octanol–water partition coefficient (Wildman–Crippen LogP) is -13.0. The fourth-order valence-electron chi connectivity index (χ4n) is 8.98. The molecule has 0 aromatic rings. The summed E-state index contributed by atoms with van der Waals surface area (Å²) in [6.07, 6.45) is -51.2. The van der Waals surface area contributed by atoms with Gasteiger partial charge in [0.2, 0.25) is 0 Å². The summed E-state index contributed by atoms with van der Waals surface area (Å²) < 4.78 is 66.7. The van der Waals surface area contributed by atoms with Gasteiger partial charge in [0.25, 0.3) is 0 Å². The molecule has 0 aromatic carbocycles. The maximum absolute atomic E-state index is 11.1. The number of aliphatic hydroxyl groups is 19. The summed E-state index contributed by atoms with van der Waals surface area (Å²) in [5.41, 5.74) is 0. The highest BCUT2D eigenvalue weighted by molar-refractivity contribution is 4.99. The lowest BCUT2D eigenvalue weighted by Gasteiger charge is -2.48. The highest BCUT2D eigenvalue weighted by Crippen LogP contribution is 2.35. The van der Waals surface area contributed by atoms with Crippen molar-refractivity contribution in [2.75, 3.05) is 52.9 Å². The van der Waals surface area contributed by atoms with Crippen LogP contribution in [0, 0.1) is 0 Å². The molecule has 0 radical (unpaired) electrons. The van der Waals surface area contributed by atoms with Gasteiger partial charge < -0.3 is 154 Å². The molecule has 70 heavy (non-hydrogen) atoms. The Kier molecular flexibility index (Phi) is 21.2. The standard InChI is InChI=1S/C39H68O31/c1-10-17(46)20(49)31(13(6-42)61-10)67-38-28(57)24(53)34(16(9-45)65-38)70-37-27(56)21(50)30(12(5-41)64-37)59-2-3-60-35-26(55)22(51)32(14(7-43)63-35)69-39-29(58)23(52)33(15(8-44)66-39)68-36-25(54)19(48)18(47)11(4-40)62-36/h10-58H,2-9H2,1H3/t10-,11?,12?,13?,14?,15?,16?,17?,18-,19-,20+,21+,22+,23+,24+,25?,26?,27?,28?,29?,30-,31-,32-,33-,34-,35?,36-,37-,38-,39-/m0/s1. The molecule has 31 nitrogen and oxygen atoms in total. The first-order valence-corrected chi connectivity index (χ1v) is 22.5. The Morgan fingerprint density at radius 3 is 0.929 bits per heavy atom. The molecule has 6 heterocycles. The Hall–Kier alpha value is -1.24. The molecule has 0 saturated carbocycles. The fourth-order valence-corrected chi connectivity index (χ4v) is 8.98. The Bertz CT molecular complexity index is 1550. The van der Waals surface area contributed by atoms with Crippen LogP contribution in [0.1, 0.15) is 6.92 Å². The van der Waals surface area contributed by atoms with Gasteiger partial charge in [-0.25, -0.2) is 0 Å². The second kappa shape index (κ2) is 25.5. The molecule has 0 bridgehead atoms. The van der Waals surface area contributed by atoms with Gasteiger partial charge in [0, 0.05) is 0 Å². The van der Waals surface area contributed by atoms with E-state index in [1.165, 1.54) is 6.92 Å². The first kappa shape index (κ1) is 58.0. The number of rotatable bonds is 19. The van der Waals surface area contributed by atoms with E-state index in [0.717, 1.165) is 0 Å². The van der Waals surface area contributed by atoms with Gasteiger partial charge in [-0.2, -0.15) is 0 Å². The molecule has 6 saturated heterocycles. The molecule has 410 valence electrons. The van der Waals surface area contributed by atoms with Crippen LogP contribution in [0.5, 0.6) is 0 Å². The van der Waals surface area contributed by atoms with E-state index in [9.17, 15) is 97.0 Å². The van der Waals surface area contributed by atoms with Crippen LogP contribution < -0.4 is 0 Å². The van der Waals surface area contributed by atoms with Gasteiger partial charge in [-0.15, -0.1) is 0 Å². The number of ether oxygens (including phenoxy) is 12. The summed E-state index contributed by atoms with van der Waals surface area (Å²) in [5.74, 6) is 0. The maximum Gasteiger partial charge on any atom is 0.187 e. The zero-order chi connectivity index (χ0) is 51.5. The number of hydrogen-bond acceptors (Lipinski definition) is 31. The van der Waals surface area contributed by atoms with E-state index in [1.807, 2.05) is 0 Å². The molecule has 6 rings (SSSR count). The monoisotopic (exact) mass is 1030 g/mol. The SMILES string of the molecule is C[C@@H]1OC(CO)[C@H](O[C@@H]2OC(CO)[C@H](O[C@@H]3OC(CO)[C@H](OCCOC4OC(CO)[C@H](O[C@@H]5OC(CO)[C@H](O[C@@H]6OC(CO)[C@H](O)[C@H](O)C6O)[C@H](O)C5O)[C@H](O)C4O)[C@H](O)C3O)[C@H](O)C2O)[C@H](O)C1O. The third-order valence-corrected chi connectivity index (χ3v) is 13.1. The third-order valence-electron chi connectivity index (χ3n) is 13.1. The minimum atomic E-state index is -2.05. The van der Waals surface area contributed by atoms with Crippen molar-refractivity contribution in [3.63, 3.8) is 0 Å². The van der Waals surface area contributed by atoms with Crippen LogP contribution in [0.15, 0.2) is 0 Å². The van der Waals surface area contributed by atoms with Crippen LogP contribution in [-0.4, -0.2) is 334 Å². The first-order chi connectivity index (χ1) is 33.3. The highest BCUT2D eigenvalue weighted by Gasteiger charge is 2.56. The summed E-state index contributed by atoms with van der Waals surface area (Å²) in [4.78, 5) is 0. The normalized spacial score (nSPS) is 51.6. The van der Waals surface area contributed by atoms with Crippen LogP contribution in [0.3, 0.4) is 0 Å². The Morgan fingerprint density at radius 2 is 0.543 bits per heavy atom. The molecule has 0 spiro atoms. The van der Waals surface area contributed by atoms with Gasteiger partial charge in [-0.1, -0.05) is 0 Å². The van der Waals surface area contributed by atoms with Crippen molar-refractivity contribution in [3.8, 4) is 0 Å². The van der Waals surface area contributed by atoms with Crippen LogP contribution in [0.2, 0.25) is 0 Å². The molecule has 0 amide bonds. The zero-order valence-electron chi connectivity index (χ0n) is 37.4. The molecule has 0 aliphatic carbocycles. The summed E-state index contributed by atoms with van der Waals surface area (Å²) in [6.45, 7) is -4.60. The van der Waals surface area contributed by atoms with E-state index in [4.69, 9.17) is 56.8 Å². The van der Waals surface area contributed by atoms with E-state index in [0.29, 0.717) is 0 Å². The predicted molar refractivity (Wildman–Crippen MR) is 213 cm³/mol. The van der Waals surface area contributed by atoms with Crippen molar-refractivity contribution in [1.29, 1.82) is 0 Å². The molecular formula is C39H68O31. The summed E-state index contributed by atoms with van der Waals surface area (Å²) in [7, 11) is 0. The zero-order valence-corrected chi connectivity index (χ0v) is 37.4. The molecule has 19 N–H and O–H groups in total. The Morgan fingerprint density at radius 1 is 0.271 bits per heavy atom. The molecule has 6 aliphatic rings. The van der Waals surface area contributed by atoms with Gasteiger partial charge in [0.15, 0.2) is 31.5 Å². The maximum atomic E-state index is 11.1. The smallest absolute Gasteiger partial charge is 0.187 e. The largest absolute Gasteiger partial charge is 0.394 e. The molecule has 6 aliphatic heterocycles. The van der Waals surface area contributed by atoms with Crippen molar-refractivity contribution < 1.29 is 154 Å². The van der Waals surface area contributed by atoms with Gasteiger partial charge in [-0.3, -0.25) is 0 Å². The lowest BCUT2D eigenvalue weighted by atomic mass is 9.94. The Balaban J connectivity index is 0.989. The molecule has 6 fully saturated rings. The molecule has 13 unspecified atom stereocenters. The lowest BCUT2D eigenvalue weighted by molar-refractivity contribution is -0.380. The minimum Gasteiger partial charge on any atom is -0.394 e. The average molecular weight is 1030 g/mol. The minimum absolute atomic E-state index is 0.482. The highest BCUT2D eigenvalue weighted by atomic mass is 16.8.